The minimum atomic E-state index is -0.270. The molecule has 0 aliphatic carbocycles. The Morgan fingerprint density at radius 3 is 2.35 bits per heavy atom. The molecule has 1 aromatic heterocycles. The highest BCUT2D eigenvalue weighted by Crippen LogP contribution is 2.40. The maximum atomic E-state index is 12.6. The Kier molecular flexibility index (Phi) is 6.10. The molecule has 0 bridgehead atoms. The third-order valence-electron chi connectivity index (χ3n) is 3.93. The monoisotopic (exact) mass is 395 g/mol. The number of carbonyl (C=O) groups excluding carboxylic acids is 1. The van der Waals surface area contributed by atoms with Crippen molar-refractivity contribution in [2.75, 3.05) is 56.1 Å². The molecule has 1 aliphatic rings. The zero-order valence-electron chi connectivity index (χ0n) is 14.9. The number of ether oxygens (including phenoxy) is 3. The van der Waals surface area contributed by atoms with Crippen LogP contribution in [0, 0.1) is 0 Å². The Morgan fingerprint density at radius 2 is 1.77 bits per heavy atom. The van der Waals surface area contributed by atoms with E-state index in [0.717, 1.165) is 29.7 Å². The van der Waals surface area contributed by atoms with E-state index in [-0.39, 0.29) is 5.91 Å². The number of rotatable bonds is 6. The van der Waals surface area contributed by atoms with Crippen molar-refractivity contribution in [3.63, 3.8) is 0 Å². The van der Waals surface area contributed by atoms with Crippen molar-refractivity contribution in [3.05, 3.63) is 23.2 Å². The number of hydrogen-bond donors (Lipinski definition) is 1. The Balaban J connectivity index is 1.76. The molecule has 7 nitrogen and oxygen atoms in total. The lowest BCUT2D eigenvalue weighted by atomic mass is 10.2. The third kappa shape index (κ3) is 3.99. The Hall–Kier alpha value is -2.13. The second-order valence-electron chi connectivity index (χ2n) is 5.48. The van der Waals surface area contributed by atoms with Crippen LogP contribution in [0.25, 0.3) is 0 Å². The summed E-state index contributed by atoms with van der Waals surface area (Å²) < 4.78 is 15.9. The van der Waals surface area contributed by atoms with Crippen LogP contribution in [0.5, 0.6) is 17.2 Å². The van der Waals surface area contributed by atoms with Crippen LogP contribution < -0.4 is 24.4 Å². The van der Waals surface area contributed by atoms with Gasteiger partial charge in [-0.25, -0.2) is 4.98 Å². The van der Waals surface area contributed by atoms with Crippen LogP contribution in [-0.2, 0) is 0 Å². The van der Waals surface area contributed by atoms with E-state index in [1.807, 2.05) is 11.8 Å². The van der Waals surface area contributed by atoms with E-state index >= 15 is 0 Å². The van der Waals surface area contributed by atoms with Gasteiger partial charge in [-0.15, -0.1) is 11.3 Å². The van der Waals surface area contributed by atoms with Crippen LogP contribution in [-0.4, -0.2) is 56.8 Å². The maximum Gasteiger partial charge on any atom is 0.275 e. The summed E-state index contributed by atoms with van der Waals surface area (Å²) in [5.74, 6) is 3.35. The van der Waals surface area contributed by atoms with Crippen LogP contribution in [0.3, 0.4) is 0 Å². The molecule has 0 saturated carbocycles. The van der Waals surface area contributed by atoms with Gasteiger partial charge in [-0.1, -0.05) is 0 Å². The number of methoxy groups -OCH3 is 3. The Labute approximate surface area is 160 Å². The second-order valence-corrected chi connectivity index (χ2v) is 7.54. The van der Waals surface area contributed by atoms with Crippen LogP contribution in [0.1, 0.15) is 10.5 Å². The molecule has 26 heavy (non-hydrogen) atoms. The fraction of sp³-hybridized carbons (Fsp3) is 0.412. The average molecular weight is 396 g/mol. The van der Waals surface area contributed by atoms with Gasteiger partial charge in [-0.3, -0.25) is 4.79 Å². The molecule has 0 spiro atoms. The van der Waals surface area contributed by atoms with E-state index in [1.54, 1.807) is 17.5 Å². The average Bonchev–Trinajstić information content (AvgIpc) is 3.18. The van der Waals surface area contributed by atoms with Crippen molar-refractivity contribution in [2.45, 2.75) is 0 Å². The van der Waals surface area contributed by atoms with Gasteiger partial charge in [0.2, 0.25) is 5.75 Å². The normalized spacial score (nSPS) is 14.0. The van der Waals surface area contributed by atoms with Crippen LogP contribution >= 0.6 is 23.1 Å². The van der Waals surface area contributed by atoms with Crippen molar-refractivity contribution in [1.29, 1.82) is 0 Å². The Morgan fingerprint density at radius 1 is 1.12 bits per heavy atom. The number of amides is 1. The van der Waals surface area contributed by atoms with E-state index in [2.05, 4.69) is 15.2 Å². The SMILES string of the molecule is COc1cc(NC(=O)c2csc(N3CCSCC3)n2)cc(OC)c1OC. The summed E-state index contributed by atoms with van der Waals surface area (Å²) in [4.78, 5) is 19.3. The number of thiazole rings is 1. The number of aromatic nitrogens is 1. The van der Waals surface area contributed by atoms with Gasteiger partial charge < -0.3 is 24.4 Å². The molecule has 1 amide bonds. The largest absolute Gasteiger partial charge is 0.493 e. The highest BCUT2D eigenvalue weighted by molar-refractivity contribution is 7.99. The summed E-state index contributed by atoms with van der Waals surface area (Å²) in [6.07, 6.45) is 0. The molecule has 2 aromatic rings. The lowest BCUT2D eigenvalue weighted by Gasteiger charge is -2.25. The molecule has 1 N–H and O–H groups in total. The lowest BCUT2D eigenvalue weighted by Crippen LogP contribution is -2.32. The predicted octanol–water partition coefficient (Wildman–Crippen LogP) is 2.97. The fourth-order valence-electron chi connectivity index (χ4n) is 2.62. The van der Waals surface area contributed by atoms with Crippen molar-refractivity contribution >= 4 is 39.8 Å². The van der Waals surface area contributed by atoms with E-state index in [9.17, 15) is 4.79 Å². The fourth-order valence-corrected chi connectivity index (χ4v) is 4.38. The van der Waals surface area contributed by atoms with Gasteiger partial charge in [-0.2, -0.15) is 11.8 Å². The molecule has 0 unspecified atom stereocenters. The highest BCUT2D eigenvalue weighted by atomic mass is 32.2. The summed E-state index contributed by atoms with van der Waals surface area (Å²) in [7, 11) is 4.60. The van der Waals surface area contributed by atoms with Crippen molar-refractivity contribution < 1.29 is 19.0 Å². The molecular formula is C17H21N3O4S2. The van der Waals surface area contributed by atoms with Gasteiger partial charge in [0.05, 0.1) is 21.3 Å². The molecule has 1 aromatic carbocycles. The number of thioether (sulfide) groups is 1. The van der Waals surface area contributed by atoms with Crippen LogP contribution in [0.15, 0.2) is 17.5 Å². The molecule has 9 heteroatoms. The van der Waals surface area contributed by atoms with Crippen molar-refractivity contribution in [1.82, 2.24) is 4.98 Å². The number of benzene rings is 1. The minimum Gasteiger partial charge on any atom is -0.493 e. The van der Waals surface area contributed by atoms with E-state index in [1.165, 1.54) is 32.7 Å². The van der Waals surface area contributed by atoms with E-state index in [4.69, 9.17) is 14.2 Å². The molecule has 0 atom stereocenters. The van der Waals surface area contributed by atoms with Crippen LogP contribution in [0.2, 0.25) is 0 Å². The van der Waals surface area contributed by atoms with Crippen molar-refractivity contribution in [2.24, 2.45) is 0 Å². The molecule has 1 fully saturated rings. The molecule has 2 heterocycles. The molecule has 1 saturated heterocycles. The van der Waals surface area contributed by atoms with Gasteiger partial charge in [0.1, 0.15) is 5.69 Å². The van der Waals surface area contributed by atoms with E-state index < -0.39 is 0 Å². The maximum absolute atomic E-state index is 12.6. The number of anilines is 2. The smallest absolute Gasteiger partial charge is 0.275 e. The summed E-state index contributed by atoms with van der Waals surface area (Å²) in [5.41, 5.74) is 0.949. The van der Waals surface area contributed by atoms with Gasteiger partial charge in [0, 0.05) is 47.8 Å². The number of nitrogens with one attached hydrogen (secondary N) is 1. The molecule has 140 valence electrons. The Bertz CT molecular complexity index is 750. The predicted molar refractivity (Wildman–Crippen MR) is 106 cm³/mol. The van der Waals surface area contributed by atoms with Crippen LogP contribution in [0.4, 0.5) is 10.8 Å². The highest BCUT2D eigenvalue weighted by Gasteiger charge is 2.19. The molecule has 1 aliphatic heterocycles. The van der Waals surface area contributed by atoms with Gasteiger partial charge in [0.15, 0.2) is 16.6 Å². The number of hydrogen-bond acceptors (Lipinski definition) is 8. The van der Waals surface area contributed by atoms with Gasteiger partial charge in [0.25, 0.3) is 5.91 Å². The first kappa shape index (κ1) is 18.7. The second kappa shape index (κ2) is 8.50. The van der Waals surface area contributed by atoms with Gasteiger partial charge in [-0.05, 0) is 0 Å². The topological polar surface area (TPSA) is 72.9 Å². The van der Waals surface area contributed by atoms with E-state index in [0.29, 0.717) is 28.6 Å². The van der Waals surface area contributed by atoms with Gasteiger partial charge >= 0.3 is 0 Å². The summed E-state index contributed by atoms with van der Waals surface area (Å²) >= 11 is 3.43. The summed E-state index contributed by atoms with van der Waals surface area (Å²) in [5, 5.41) is 5.51. The number of nitrogens with zero attached hydrogens (tertiary/aromatic N) is 2. The molecular weight excluding hydrogens is 374 g/mol. The first-order chi connectivity index (χ1) is 12.7. The first-order valence-electron chi connectivity index (χ1n) is 8.06. The quantitative estimate of drug-likeness (QED) is 0.806. The summed E-state index contributed by atoms with van der Waals surface area (Å²) in [6.45, 7) is 1.93. The zero-order chi connectivity index (χ0) is 18.5. The standard InChI is InChI=1S/C17H21N3O4S2/c1-22-13-8-11(9-14(23-2)15(13)24-3)18-16(21)12-10-26-17(19-12)20-4-6-25-7-5-20/h8-10H,4-7H2,1-3H3,(H,18,21). The van der Waals surface area contributed by atoms with Crippen molar-refractivity contribution in [3.8, 4) is 17.2 Å². The zero-order valence-corrected chi connectivity index (χ0v) is 16.5. The lowest BCUT2D eigenvalue weighted by molar-refractivity contribution is 0.102. The molecule has 0 radical (unpaired) electrons. The third-order valence-corrected chi connectivity index (χ3v) is 5.77. The minimum absolute atomic E-state index is 0.270. The molecule has 3 rings (SSSR count). The number of carbonyl (C=O) groups is 1. The summed E-state index contributed by atoms with van der Waals surface area (Å²) in [6, 6.07) is 3.38. The first-order valence-corrected chi connectivity index (χ1v) is 10.1.